The first-order chi connectivity index (χ1) is 12.5. The van der Waals surface area contributed by atoms with Gasteiger partial charge in [-0.15, -0.1) is 0 Å². The molecule has 0 aliphatic carbocycles. The monoisotopic (exact) mass is 359 g/mol. The van der Waals surface area contributed by atoms with Crippen LogP contribution in [0.2, 0.25) is 0 Å². The van der Waals surface area contributed by atoms with Crippen LogP contribution in [0, 0.1) is 0 Å². The molecule has 2 N–H and O–H groups in total. The van der Waals surface area contributed by atoms with E-state index in [4.69, 9.17) is 13.9 Å². The minimum atomic E-state index is -0.433. The fourth-order valence-electron chi connectivity index (χ4n) is 2.08. The van der Waals surface area contributed by atoms with Crippen LogP contribution in [0.3, 0.4) is 0 Å². The average molecular weight is 359 g/mol. The van der Waals surface area contributed by atoms with Crippen LogP contribution in [-0.4, -0.2) is 31.7 Å². The van der Waals surface area contributed by atoms with Crippen LogP contribution in [-0.2, 0) is 11.3 Å². The van der Waals surface area contributed by atoms with Gasteiger partial charge in [-0.1, -0.05) is 0 Å². The summed E-state index contributed by atoms with van der Waals surface area (Å²) >= 11 is 0. The summed E-state index contributed by atoms with van der Waals surface area (Å²) in [6.45, 7) is 1.95. The third kappa shape index (κ3) is 5.66. The molecular weight excluding hydrogens is 338 g/mol. The lowest BCUT2D eigenvalue weighted by Gasteiger charge is -2.08. The van der Waals surface area contributed by atoms with Crippen molar-refractivity contribution in [3.63, 3.8) is 0 Å². The van der Waals surface area contributed by atoms with Gasteiger partial charge in [0.15, 0.2) is 0 Å². The lowest BCUT2D eigenvalue weighted by Crippen LogP contribution is -2.26. The molecule has 8 nitrogen and oxygen atoms in total. The molecule has 0 unspecified atom stereocenters. The Hall–Kier alpha value is -3.29. The molecule has 1 aromatic carbocycles. The zero-order valence-electron chi connectivity index (χ0n) is 14.9. The molecule has 2 aromatic rings. The number of hydrogen-bond acceptors (Lipinski definition) is 6. The molecule has 0 aliphatic rings. The van der Waals surface area contributed by atoms with E-state index < -0.39 is 5.91 Å². The van der Waals surface area contributed by atoms with Crippen LogP contribution in [0.15, 0.2) is 46.1 Å². The zero-order chi connectivity index (χ0) is 18.9. The van der Waals surface area contributed by atoms with Crippen molar-refractivity contribution in [2.45, 2.75) is 19.9 Å². The van der Waals surface area contributed by atoms with E-state index in [9.17, 15) is 9.59 Å². The Morgan fingerprint density at radius 3 is 2.42 bits per heavy atom. The molecule has 0 radical (unpaired) electrons. The summed E-state index contributed by atoms with van der Waals surface area (Å²) in [5.41, 5.74) is 3.21. The number of rotatable bonds is 8. The van der Waals surface area contributed by atoms with E-state index in [1.165, 1.54) is 20.5 Å². The van der Waals surface area contributed by atoms with E-state index in [0.29, 0.717) is 35.1 Å². The van der Waals surface area contributed by atoms with Crippen molar-refractivity contribution >= 4 is 17.5 Å². The number of nitrogens with one attached hydrogen (secondary N) is 2. The van der Waals surface area contributed by atoms with Gasteiger partial charge in [-0.2, -0.15) is 5.10 Å². The molecule has 1 heterocycles. The highest BCUT2D eigenvalue weighted by atomic mass is 16.5. The highest BCUT2D eigenvalue weighted by Gasteiger charge is 2.10. The third-order valence-corrected chi connectivity index (χ3v) is 3.42. The quantitative estimate of drug-likeness (QED) is 0.555. The summed E-state index contributed by atoms with van der Waals surface area (Å²) in [7, 11) is 3.00. The van der Waals surface area contributed by atoms with Gasteiger partial charge in [-0.05, 0) is 31.2 Å². The van der Waals surface area contributed by atoms with Crippen LogP contribution >= 0.6 is 0 Å². The molecule has 2 rings (SSSR count). The summed E-state index contributed by atoms with van der Waals surface area (Å²) in [6.07, 6.45) is 1.60. The first-order valence-corrected chi connectivity index (χ1v) is 7.87. The van der Waals surface area contributed by atoms with E-state index in [0.717, 1.165) is 0 Å². The molecule has 26 heavy (non-hydrogen) atoms. The molecule has 2 amide bonds. The number of carbonyl (C=O) groups excluding carboxylic acids is 2. The fraction of sp³-hybridized carbons (Fsp3) is 0.278. The molecule has 0 fully saturated rings. The molecule has 0 atom stereocenters. The number of carbonyl (C=O) groups is 2. The van der Waals surface area contributed by atoms with Gasteiger partial charge >= 0.3 is 0 Å². The Morgan fingerprint density at radius 1 is 1.15 bits per heavy atom. The molecule has 0 spiro atoms. The van der Waals surface area contributed by atoms with Crippen LogP contribution in [0.1, 0.15) is 29.5 Å². The number of ether oxygens (including phenoxy) is 2. The van der Waals surface area contributed by atoms with Crippen LogP contribution in [0.25, 0.3) is 0 Å². The van der Waals surface area contributed by atoms with E-state index >= 15 is 0 Å². The van der Waals surface area contributed by atoms with Gasteiger partial charge in [0.2, 0.25) is 5.91 Å². The zero-order valence-corrected chi connectivity index (χ0v) is 14.9. The summed E-state index contributed by atoms with van der Waals surface area (Å²) in [4.78, 5) is 24.1. The maximum Gasteiger partial charge on any atom is 0.271 e. The van der Waals surface area contributed by atoms with Gasteiger partial charge in [0.25, 0.3) is 5.91 Å². The van der Waals surface area contributed by atoms with Crippen molar-refractivity contribution in [1.29, 1.82) is 0 Å². The normalized spacial score (nSPS) is 11.0. The van der Waals surface area contributed by atoms with Crippen molar-refractivity contribution in [1.82, 2.24) is 10.7 Å². The first kappa shape index (κ1) is 19.0. The Bertz CT molecular complexity index is 762. The summed E-state index contributed by atoms with van der Waals surface area (Å²) in [6, 6.07) is 8.31. The number of benzene rings is 1. The fourth-order valence-corrected chi connectivity index (χ4v) is 2.08. The van der Waals surface area contributed by atoms with Crippen molar-refractivity contribution in [3.8, 4) is 11.5 Å². The van der Waals surface area contributed by atoms with Gasteiger partial charge < -0.3 is 19.2 Å². The Labute approximate surface area is 151 Å². The molecule has 0 saturated carbocycles. The largest absolute Gasteiger partial charge is 0.497 e. The lowest BCUT2D eigenvalue weighted by atomic mass is 10.2. The maximum absolute atomic E-state index is 12.2. The van der Waals surface area contributed by atoms with E-state index in [1.54, 1.807) is 37.3 Å². The average Bonchev–Trinajstić information content (AvgIpc) is 3.17. The van der Waals surface area contributed by atoms with Crippen molar-refractivity contribution < 1.29 is 23.5 Å². The highest BCUT2D eigenvalue weighted by Crippen LogP contribution is 2.22. The second-order valence-electron chi connectivity index (χ2n) is 5.42. The van der Waals surface area contributed by atoms with Crippen molar-refractivity contribution in [2.24, 2.45) is 5.10 Å². The van der Waals surface area contributed by atoms with Crippen LogP contribution in [0.5, 0.6) is 11.5 Å². The van der Waals surface area contributed by atoms with Gasteiger partial charge in [0.05, 0.1) is 33.4 Å². The van der Waals surface area contributed by atoms with Crippen molar-refractivity contribution in [3.05, 3.63) is 47.9 Å². The SMILES string of the molecule is COc1cc(OC)cc(C(=O)NN=C(C)CC(=O)NCc2ccco2)c1. The topological polar surface area (TPSA) is 102 Å². The molecule has 0 saturated heterocycles. The minimum Gasteiger partial charge on any atom is -0.497 e. The molecule has 0 aliphatic heterocycles. The van der Waals surface area contributed by atoms with Gasteiger partial charge in [-0.3, -0.25) is 9.59 Å². The molecule has 1 aromatic heterocycles. The highest BCUT2D eigenvalue weighted by molar-refractivity contribution is 6.01. The van der Waals surface area contributed by atoms with E-state index in [2.05, 4.69) is 15.8 Å². The van der Waals surface area contributed by atoms with Crippen molar-refractivity contribution in [2.75, 3.05) is 14.2 Å². The van der Waals surface area contributed by atoms with Crippen LogP contribution < -0.4 is 20.2 Å². The lowest BCUT2D eigenvalue weighted by molar-refractivity contribution is -0.120. The number of nitrogens with zero attached hydrogens (tertiary/aromatic N) is 1. The van der Waals surface area contributed by atoms with E-state index in [1.807, 2.05) is 0 Å². The number of hydrogen-bond donors (Lipinski definition) is 2. The number of hydrazone groups is 1. The second-order valence-corrected chi connectivity index (χ2v) is 5.42. The standard InChI is InChI=1S/C18H21N3O5/c1-12(7-17(22)19-11-14-5-4-6-26-14)20-21-18(23)13-8-15(24-2)10-16(9-13)25-3/h4-6,8-10H,7,11H2,1-3H3,(H,19,22)(H,21,23). The number of furan rings is 1. The maximum atomic E-state index is 12.2. The Kier molecular flexibility index (Phi) is 6.78. The Morgan fingerprint density at radius 2 is 1.85 bits per heavy atom. The summed E-state index contributed by atoms with van der Waals surface area (Å²) in [5.74, 6) is 0.991. The smallest absolute Gasteiger partial charge is 0.271 e. The summed E-state index contributed by atoms with van der Waals surface area (Å²) < 4.78 is 15.4. The van der Waals surface area contributed by atoms with Crippen LogP contribution in [0.4, 0.5) is 0 Å². The predicted octanol–water partition coefficient (Wildman–Crippen LogP) is 2.11. The second kappa shape index (κ2) is 9.26. The van der Waals surface area contributed by atoms with E-state index in [-0.39, 0.29) is 12.3 Å². The van der Waals surface area contributed by atoms with Gasteiger partial charge in [0, 0.05) is 17.3 Å². The number of methoxy groups -OCH3 is 2. The molecule has 0 bridgehead atoms. The Balaban J connectivity index is 1.89. The predicted molar refractivity (Wildman–Crippen MR) is 95.3 cm³/mol. The molecule has 138 valence electrons. The number of amides is 2. The van der Waals surface area contributed by atoms with Gasteiger partial charge in [0.1, 0.15) is 17.3 Å². The summed E-state index contributed by atoms with van der Waals surface area (Å²) in [5, 5.41) is 6.65. The van der Waals surface area contributed by atoms with Gasteiger partial charge in [-0.25, -0.2) is 5.43 Å². The minimum absolute atomic E-state index is 0.0580. The molecular formula is C18H21N3O5. The third-order valence-electron chi connectivity index (χ3n) is 3.42. The first-order valence-electron chi connectivity index (χ1n) is 7.87. The molecule has 8 heteroatoms.